The van der Waals surface area contributed by atoms with Crippen LogP contribution < -0.4 is 0 Å². The lowest BCUT2D eigenvalue weighted by molar-refractivity contribution is -0.308. The molecule has 104 valence electrons. The first-order valence-electron chi connectivity index (χ1n) is 4.45. The number of halogens is 7. The molecule has 0 aliphatic rings. The summed E-state index contributed by atoms with van der Waals surface area (Å²) in [6, 6.07) is 0. The largest absolute Gasteiger partial charge is 0.403 e. The van der Waals surface area contributed by atoms with Crippen molar-refractivity contribution in [3.05, 3.63) is 16.9 Å². The molecule has 1 heterocycles. The summed E-state index contributed by atoms with van der Waals surface area (Å²) < 4.78 is 74.9. The maximum absolute atomic E-state index is 12.4. The van der Waals surface area contributed by atoms with E-state index in [1.807, 2.05) is 0 Å². The number of hydrogen-bond acceptors (Lipinski definition) is 2. The van der Waals surface area contributed by atoms with E-state index in [0.717, 1.165) is 13.2 Å². The molecule has 0 fully saturated rings. The molecule has 1 rings (SSSR count). The number of hydrogen-bond donors (Lipinski definition) is 1. The Morgan fingerprint density at radius 3 is 1.94 bits per heavy atom. The van der Waals surface area contributed by atoms with Crippen LogP contribution in [0.2, 0.25) is 5.02 Å². The summed E-state index contributed by atoms with van der Waals surface area (Å²) in [5.74, 6) is -3.92. The van der Waals surface area contributed by atoms with E-state index in [2.05, 4.69) is 5.10 Å². The van der Waals surface area contributed by atoms with Gasteiger partial charge < -0.3 is 5.11 Å². The standard InChI is InChI=1S/C8H7ClF6N2O/c1-17-4(3(9)2-16-17)5(18)6(7(10,11)12)8(13,14)15/h2,5-6,18H,1H3. The Morgan fingerprint density at radius 2 is 1.67 bits per heavy atom. The topological polar surface area (TPSA) is 38.0 Å². The number of alkyl halides is 6. The van der Waals surface area contributed by atoms with Gasteiger partial charge in [-0.15, -0.1) is 0 Å². The fourth-order valence-corrected chi connectivity index (χ4v) is 1.73. The smallest absolute Gasteiger partial charge is 0.386 e. The van der Waals surface area contributed by atoms with Crippen LogP contribution in [0.5, 0.6) is 0 Å². The van der Waals surface area contributed by atoms with Crippen molar-refractivity contribution in [1.29, 1.82) is 0 Å². The molecule has 3 nitrogen and oxygen atoms in total. The Kier molecular flexibility index (Phi) is 3.87. The van der Waals surface area contributed by atoms with Gasteiger partial charge in [0.25, 0.3) is 0 Å². The van der Waals surface area contributed by atoms with Gasteiger partial charge in [0.05, 0.1) is 16.9 Å². The summed E-state index contributed by atoms with van der Waals surface area (Å²) in [7, 11) is 1.08. The SMILES string of the molecule is Cn1ncc(Cl)c1C(O)C(C(F)(F)F)C(F)(F)F. The molecule has 1 N–H and O–H groups in total. The van der Waals surface area contributed by atoms with Gasteiger partial charge in [-0.2, -0.15) is 31.4 Å². The Morgan fingerprint density at radius 1 is 1.22 bits per heavy atom. The molecular formula is C8H7ClF6N2O. The van der Waals surface area contributed by atoms with Crippen molar-refractivity contribution in [2.24, 2.45) is 13.0 Å². The lowest BCUT2D eigenvalue weighted by Gasteiger charge is -2.27. The number of aliphatic hydroxyl groups excluding tert-OH is 1. The molecule has 0 radical (unpaired) electrons. The van der Waals surface area contributed by atoms with Gasteiger partial charge in [0.1, 0.15) is 6.10 Å². The third kappa shape index (κ3) is 2.89. The van der Waals surface area contributed by atoms with Crippen LogP contribution >= 0.6 is 11.6 Å². The molecule has 1 aromatic rings. The third-order valence-electron chi connectivity index (χ3n) is 2.24. The van der Waals surface area contributed by atoms with Gasteiger partial charge >= 0.3 is 12.4 Å². The van der Waals surface area contributed by atoms with E-state index in [0.29, 0.717) is 4.68 Å². The van der Waals surface area contributed by atoms with Crippen molar-refractivity contribution in [3.8, 4) is 0 Å². The van der Waals surface area contributed by atoms with Gasteiger partial charge in [0.2, 0.25) is 0 Å². The van der Waals surface area contributed by atoms with Gasteiger partial charge in [0, 0.05) is 7.05 Å². The third-order valence-corrected chi connectivity index (χ3v) is 2.53. The van der Waals surface area contributed by atoms with Crippen LogP contribution in [0.15, 0.2) is 6.20 Å². The number of aryl methyl sites for hydroxylation is 1. The fourth-order valence-electron chi connectivity index (χ4n) is 1.45. The lowest BCUT2D eigenvalue weighted by Crippen LogP contribution is -2.41. The highest BCUT2D eigenvalue weighted by molar-refractivity contribution is 6.31. The number of aromatic nitrogens is 2. The van der Waals surface area contributed by atoms with Crippen LogP contribution in [0.25, 0.3) is 0 Å². The molecule has 0 aromatic carbocycles. The van der Waals surface area contributed by atoms with Crippen molar-refractivity contribution in [3.63, 3.8) is 0 Å². The highest BCUT2D eigenvalue weighted by Crippen LogP contribution is 2.47. The van der Waals surface area contributed by atoms with E-state index in [9.17, 15) is 31.4 Å². The van der Waals surface area contributed by atoms with E-state index in [-0.39, 0.29) is 0 Å². The molecule has 0 aliphatic heterocycles. The summed E-state index contributed by atoms with van der Waals surface area (Å²) in [6.45, 7) is 0. The van der Waals surface area contributed by atoms with Crippen LogP contribution in [0.3, 0.4) is 0 Å². The van der Waals surface area contributed by atoms with E-state index < -0.39 is 35.1 Å². The van der Waals surface area contributed by atoms with Gasteiger partial charge in [-0.1, -0.05) is 11.6 Å². The monoisotopic (exact) mass is 296 g/mol. The lowest BCUT2D eigenvalue weighted by atomic mass is 9.98. The first-order valence-corrected chi connectivity index (χ1v) is 4.83. The zero-order chi connectivity index (χ0) is 14.3. The maximum Gasteiger partial charge on any atom is 0.403 e. The van der Waals surface area contributed by atoms with Crippen molar-refractivity contribution < 1.29 is 31.4 Å². The summed E-state index contributed by atoms with van der Waals surface area (Å²) in [4.78, 5) is 0. The molecule has 10 heteroatoms. The quantitative estimate of drug-likeness (QED) is 0.852. The molecule has 18 heavy (non-hydrogen) atoms. The molecule has 1 atom stereocenters. The summed E-state index contributed by atoms with van der Waals surface area (Å²) in [6.07, 6.45) is -13.3. The molecule has 0 amide bonds. The summed E-state index contributed by atoms with van der Waals surface area (Å²) >= 11 is 5.41. The predicted molar refractivity (Wildman–Crippen MR) is 48.8 cm³/mol. The van der Waals surface area contributed by atoms with Gasteiger partial charge in [-0.3, -0.25) is 4.68 Å². The van der Waals surface area contributed by atoms with Gasteiger partial charge in [-0.05, 0) is 0 Å². The summed E-state index contributed by atoms with van der Waals surface area (Å²) in [5.41, 5.74) is -0.740. The molecule has 1 unspecified atom stereocenters. The van der Waals surface area contributed by atoms with Crippen molar-refractivity contribution >= 4 is 11.6 Å². The molecule has 0 aliphatic carbocycles. The number of nitrogens with zero attached hydrogens (tertiary/aromatic N) is 2. The molecular weight excluding hydrogens is 290 g/mol. The van der Waals surface area contributed by atoms with Crippen molar-refractivity contribution in [2.45, 2.75) is 18.5 Å². The van der Waals surface area contributed by atoms with E-state index >= 15 is 0 Å². The minimum atomic E-state index is -5.65. The molecule has 0 saturated heterocycles. The van der Waals surface area contributed by atoms with Crippen LogP contribution in [0.4, 0.5) is 26.3 Å². The Balaban J connectivity index is 3.24. The number of rotatable bonds is 2. The highest BCUT2D eigenvalue weighted by atomic mass is 35.5. The predicted octanol–water partition coefficient (Wildman–Crippen LogP) is 2.85. The van der Waals surface area contributed by atoms with Crippen LogP contribution in [0.1, 0.15) is 11.8 Å². The number of aliphatic hydroxyl groups is 1. The first-order chi connectivity index (χ1) is 7.96. The highest BCUT2D eigenvalue weighted by Gasteiger charge is 2.61. The second-order valence-corrected chi connectivity index (χ2v) is 3.91. The first kappa shape index (κ1) is 15.1. The zero-order valence-corrected chi connectivity index (χ0v) is 9.48. The minimum absolute atomic E-state index is 0.469. The van der Waals surface area contributed by atoms with Gasteiger partial charge in [0.15, 0.2) is 5.92 Å². The maximum atomic E-state index is 12.4. The van der Waals surface area contributed by atoms with E-state index in [1.54, 1.807) is 0 Å². The van der Waals surface area contributed by atoms with Crippen LogP contribution in [-0.2, 0) is 7.05 Å². The molecule has 0 bridgehead atoms. The minimum Gasteiger partial charge on any atom is -0.386 e. The average Bonchev–Trinajstić information content (AvgIpc) is 2.40. The van der Waals surface area contributed by atoms with Gasteiger partial charge in [-0.25, -0.2) is 0 Å². The molecule has 0 saturated carbocycles. The normalized spacial score (nSPS) is 15.2. The van der Waals surface area contributed by atoms with E-state index in [1.165, 1.54) is 0 Å². The second kappa shape index (κ2) is 4.61. The molecule has 1 aromatic heterocycles. The van der Waals surface area contributed by atoms with E-state index in [4.69, 9.17) is 11.6 Å². The van der Waals surface area contributed by atoms with Crippen LogP contribution in [-0.4, -0.2) is 27.2 Å². The Hall–Kier alpha value is -0.960. The van der Waals surface area contributed by atoms with Crippen LogP contribution in [0, 0.1) is 5.92 Å². The second-order valence-electron chi connectivity index (χ2n) is 3.51. The molecule has 0 spiro atoms. The Bertz CT molecular complexity index is 393. The van der Waals surface area contributed by atoms with Crippen molar-refractivity contribution in [2.75, 3.05) is 0 Å². The average molecular weight is 297 g/mol. The Labute approximate surface area is 102 Å². The fraction of sp³-hybridized carbons (Fsp3) is 0.625. The zero-order valence-electron chi connectivity index (χ0n) is 8.72. The van der Waals surface area contributed by atoms with Crippen molar-refractivity contribution in [1.82, 2.24) is 9.78 Å². The summed E-state index contributed by atoms with van der Waals surface area (Å²) in [5, 5.41) is 12.2.